The molecule has 5 rings (SSSR count). The van der Waals surface area contributed by atoms with Gasteiger partial charge < -0.3 is 4.74 Å². The largest absolute Gasteiger partial charge is 0.453 e. The number of halogens is 3. The molecule has 0 spiro atoms. The Morgan fingerprint density at radius 1 is 0.875 bits per heavy atom. The van der Waals surface area contributed by atoms with E-state index in [0.717, 1.165) is 12.1 Å². The normalized spacial score (nSPS) is 13.7. The molecule has 0 atom stereocenters. The van der Waals surface area contributed by atoms with Crippen molar-refractivity contribution < 1.29 is 32.3 Å². The molecule has 1 heterocycles. The second kappa shape index (κ2) is 10.7. The maximum absolute atomic E-state index is 15.1. The molecule has 1 fully saturated rings. The quantitative estimate of drug-likeness (QED) is 0.158. The van der Waals surface area contributed by atoms with Crippen LogP contribution in [0.2, 0.25) is 0 Å². The molecule has 0 bridgehead atoms. The van der Waals surface area contributed by atoms with Crippen LogP contribution in [-0.2, 0) is 22.4 Å². The summed E-state index contributed by atoms with van der Waals surface area (Å²) in [5.41, 5.74) is 0.905. The van der Waals surface area contributed by atoms with Gasteiger partial charge in [0.25, 0.3) is 0 Å². The minimum atomic E-state index is -1.22. The summed E-state index contributed by atoms with van der Waals surface area (Å²) < 4.78 is 49.1. The predicted octanol–water partition coefficient (Wildman–Crippen LogP) is 7.05. The van der Waals surface area contributed by atoms with Gasteiger partial charge in [0.15, 0.2) is 28.9 Å². The summed E-state index contributed by atoms with van der Waals surface area (Å²) in [6.07, 6.45) is 2.00. The second-order valence-corrected chi connectivity index (χ2v) is 10.2. The standard InChI is InChI=1S/C32H26F3NO4/c1-3-27(37)22-16-26-23(12-18(22)2)28(8-11-36-26)40-29-17-24(34)20(14-25(29)35)15-31(39)32(9-10-32)30(38)13-19-4-6-21(33)7-5-19/h4-8,11-12,14,16-17H,3,9-10,13,15H2,1-2H3. The van der Waals surface area contributed by atoms with E-state index in [4.69, 9.17) is 4.74 Å². The molecule has 204 valence electrons. The number of fused-ring (bicyclic) bond motifs is 1. The molecule has 0 radical (unpaired) electrons. The van der Waals surface area contributed by atoms with Crippen LogP contribution in [-0.4, -0.2) is 22.3 Å². The van der Waals surface area contributed by atoms with E-state index in [0.29, 0.717) is 46.9 Å². The van der Waals surface area contributed by atoms with Crippen molar-refractivity contribution in [1.29, 1.82) is 0 Å². The number of ether oxygens (including phenoxy) is 1. The summed E-state index contributed by atoms with van der Waals surface area (Å²) in [5.74, 6) is -3.09. The lowest BCUT2D eigenvalue weighted by Crippen LogP contribution is -2.29. The Bertz CT molecular complexity index is 1660. The molecule has 0 aliphatic heterocycles. The number of pyridine rings is 1. The number of carbonyl (C=O) groups is 3. The molecule has 1 aliphatic carbocycles. The van der Waals surface area contributed by atoms with Gasteiger partial charge in [0.1, 0.15) is 17.4 Å². The van der Waals surface area contributed by atoms with Crippen molar-refractivity contribution in [2.75, 3.05) is 0 Å². The third-order valence-electron chi connectivity index (χ3n) is 7.44. The molecule has 1 aromatic heterocycles. The highest BCUT2D eigenvalue weighted by Crippen LogP contribution is 2.49. The number of rotatable bonds is 10. The lowest BCUT2D eigenvalue weighted by Gasteiger charge is -2.15. The van der Waals surface area contributed by atoms with Gasteiger partial charge >= 0.3 is 0 Å². The highest BCUT2D eigenvalue weighted by atomic mass is 19.1. The highest BCUT2D eigenvalue weighted by Gasteiger charge is 2.54. The number of Topliss-reactive ketones (excluding diaryl/α,β-unsaturated/α-hetero) is 3. The van der Waals surface area contributed by atoms with Crippen LogP contribution in [0.25, 0.3) is 10.9 Å². The summed E-state index contributed by atoms with van der Waals surface area (Å²) in [5, 5.41) is 0.530. The minimum absolute atomic E-state index is 0.0316. The van der Waals surface area contributed by atoms with Crippen LogP contribution in [0.3, 0.4) is 0 Å². The van der Waals surface area contributed by atoms with Crippen LogP contribution in [0.1, 0.15) is 53.2 Å². The summed E-state index contributed by atoms with van der Waals surface area (Å²) in [6.45, 7) is 3.55. The van der Waals surface area contributed by atoms with Gasteiger partial charge in [-0.1, -0.05) is 19.1 Å². The zero-order valence-corrected chi connectivity index (χ0v) is 22.0. The van der Waals surface area contributed by atoms with Crippen LogP contribution in [0.5, 0.6) is 11.5 Å². The zero-order chi connectivity index (χ0) is 28.6. The van der Waals surface area contributed by atoms with E-state index in [1.54, 1.807) is 26.0 Å². The summed E-state index contributed by atoms with van der Waals surface area (Å²) in [7, 11) is 0. The third-order valence-corrected chi connectivity index (χ3v) is 7.44. The van der Waals surface area contributed by atoms with Crippen LogP contribution in [0.15, 0.2) is 60.8 Å². The number of hydrogen-bond acceptors (Lipinski definition) is 5. The van der Waals surface area contributed by atoms with Crippen LogP contribution in [0.4, 0.5) is 13.2 Å². The van der Waals surface area contributed by atoms with Gasteiger partial charge in [0.2, 0.25) is 0 Å². The number of nitrogens with zero attached hydrogens (tertiary/aromatic N) is 1. The number of carbonyl (C=O) groups excluding carboxylic acids is 3. The van der Waals surface area contributed by atoms with Crippen LogP contribution in [0, 0.1) is 29.8 Å². The van der Waals surface area contributed by atoms with E-state index >= 15 is 8.78 Å². The Hall–Kier alpha value is -4.33. The Morgan fingerprint density at radius 2 is 1.57 bits per heavy atom. The molecule has 1 saturated carbocycles. The van der Waals surface area contributed by atoms with E-state index in [1.807, 2.05) is 0 Å². The zero-order valence-electron chi connectivity index (χ0n) is 22.0. The first-order valence-electron chi connectivity index (χ1n) is 13.0. The molecule has 0 saturated heterocycles. The molecule has 0 unspecified atom stereocenters. The maximum atomic E-state index is 15.1. The first-order chi connectivity index (χ1) is 19.1. The SMILES string of the molecule is CCC(=O)c1cc2nccc(Oc3cc(F)c(CC(=O)C4(C(=O)Cc5ccc(F)cc5)CC4)cc3F)c2cc1C. The third kappa shape index (κ3) is 5.26. The first kappa shape index (κ1) is 27.2. The summed E-state index contributed by atoms with van der Waals surface area (Å²) in [6, 6.07) is 12.1. The maximum Gasteiger partial charge on any atom is 0.166 e. The Morgan fingerprint density at radius 3 is 2.25 bits per heavy atom. The number of ketones is 3. The fourth-order valence-electron chi connectivity index (χ4n) is 4.89. The number of benzene rings is 3. The van der Waals surface area contributed by atoms with Crippen molar-refractivity contribution in [3.63, 3.8) is 0 Å². The van der Waals surface area contributed by atoms with Crippen LogP contribution >= 0.6 is 0 Å². The average molecular weight is 546 g/mol. The molecule has 40 heavy (non-hydrogen) atoms. The average Bonchev–Trinajstić information content (AvgIpc) is 3.75. The lowest BCUT2D eigenvalue weighted by molar-refractivity contribution is -0.133. The lowest BCUT2D eigenvalue weighted by atomic mass is 9.87. The minimum Gasteiger partial charge on any atom is -0.453 e. The first-order valence-corrected chi connectivity index (χ1v) is 13.0. The van der Waals surface area contributed by atoms with E-state index < -0.39 is 35.1 Å². The number of hydrogen-bond donors (Lipinski definition) is 0. The van der Waals surface area contributed by atoms with Crippen molar-refractivity contribution in [3.05, 3.63) is 100 Å². The van der Waals surface area contributed by atoms with Gasteiger partial charge in [-0.3, -0.25) is 19.4 Å². The topological polar surface area (TPSA) is 73.3 Å². The molecule has 5 nitrogen and oxygen atoms in total. The summed E-state index contributed by atoms with van der Waals surface area (Å²) in [4.78, 5) is 42.5. The Labute approximate surface area is 229 Å². The molecule has 0 amide bonds. The molecule has 3 aromatic carbocycles. The van der Waals surface area contributed by atoms with Gasteiger partial charge in [0, 0.05) is 42.5 Å². The predicted molar refractivity (Wildman–Crippen MR) is 143 cm³/mol. The van der Waals surface area contributed by atoms with Crippen LogP contribution < -0.4 is 4.74 Å². The van der Waals surface area contributed by atoms with Gasteiger partial charge in [-0.15, -0.1) is 0 Å². The fraction of sp³-hybridized carbons (Fsp3) is 0.250. The Balaban J connectivity index is 1.35. The van der Waals surface area contributed by atoms with Crippen molar-refractivity contribution in [1.82, 2.24) is 4.98 Å². The monoisotopic (exact) mass is 545 g/mol. The van der Waals surface area contributed by atoms with E-state index in [9.17, 15) is 18.8 Å². The molecular weight excluding hydrogens is 519 g/mol. The highest BCUT2D eigenvalue weighted by molar-refractivity contribution is 6.11. The van der Waals surface area contributed by atoms with Crippen molar-refractivity contribution in [2.24, 2.45) is 5.41 Å². The molecule has 1 aliphatic rings. The van der Waals surface area contributed by atoms with Crippen molar-refractivity contribution in [3.8, 4) is 11.5 Å². The van der Waals surface area contributed by atoms with E-state index in [2.05, 4.69) is 4.98 Å². The van der Waals surface area contributed by atoms with Gasteiger partial charge in [-0.05, 0) is 72.9 Å². The van der Waals surface area contributed by atoms with Crippen molar-refractivity contribution in [2.45, 2.75) is 46.0 Å². The number of aryl methyl sites for hydroxylation is 1. The smallest absolute Gasteiger partial charge is 0.166 e. The fourth-order valence-corrected chi connectivity index (χ4v) is 4.89. The van der Waals surface area contributed by atoms with Gasteiger partial charge in [0.05, 0.1) is 10.9 Å². The van der Waals surface area contributed by atoms with Gasteiger partial charge in [-0.25, -0.2) is 13.2 Å². The van der Waals surface area contributed by atoms with E-state index in [1.165, 1.54) is 36.5 Å². The molecule has 0 N–H and O–H groups in total. The number of aromatic nitrogens is 1. The molecular formula is C32H26F3NO4. The second-order valence-electron chi connectivity index (χ2n) is 10.2. The van der Waals surface area contributed by atoms with Gasteiger partial charge in [-0.2, -0.15) is 0 Å². The molecule has 4 aromatic rings. The summed E-state index contributed by atoms with van der Waals surface area (Å²) >= 11 is 0. The molecule has 8 heteroatoms. The van der Waals surface area contributed by atoms with E-state index in [-0.39, 0.29) is 35.0 Å². The Kier molecular flexibility index (Phi) is 7.27. The van der Waals surface area contributed by atoms with Crippen molar-refractivity contribution >= 4 is 28.3 Å².